The zero-order valence-corrected chi connectivity index (χ0v) is 5.35. The zero-order valence-electron chi connectivity index (χ0n) is 5.35. The van der Waals surface area contributed by atoms with Crippen molar-refractivity contribution < 1.29 is 0 Å². The standard InChI is InChI=1S/C6H11N.H3N/c1-6-3-2-4-7-5-6;/h2,4,6-7H,3,5H2,1H3;1H3. The molecule has 4 N–H and O–H groups in total. The summed E-state index contributed by atoms with van der Waals surface area (Å²) in [4.78, 5) is 0. The van der Waals surface area contributed by atoms with Crippen LogP contribution in [0.1, 0.15) is 13.3 Å². The van der Waals surface area contributed by atoms with Crippen molar-refractivity contribution in [3.05, 3.63) is 12.3 Å². The van der Waals surface area contributed by atoms with Gasteiger partial charge in [0.15, 0.2) is 0 Å². The monoisotopic (exact) mass is 114 g/mol. The van der Waals surface area contributed by atoms with Gasteiger partial charge in [-0.3, -0.25) is 0 Å². The first kappa shape index (κ1) is 7.50. The second-order valence-electron chi connectivity index (χ2n) is 2.15. The summed E-state index contributed by atoms with van der Waals surface area (Å²) in [5, 5.41) is 3.15. The van der Waals surface area contributed by atoms with E-state index in [9.17, 15) is 0 Å². The molecule has 0 aromatic carbocycles. The molecule has 48 valence electrons. The van der Waals surface area contributed by atoms with E-state index in [1.54, 1.807) is 0 Å². The minimum atomic E-state index is 0. The van der Waals surface area contributed by atoms with Gasteiger partial charge in [0.05, 0.1) is 0 Å². The van der Waals surface area contributed by atoms with Crippen LogP contribution in [0.3, 0.4) is 0 Å². The number of allylic oxidation sites excluding steroid dienone is 1. The molecule has 2 nitrogen and oxygen atoms in total. The lowest BCUT2D eigenvalue weighted by Crippen LogP contribution is -2.18. The van der Waals surface area contributed by atoms with Gasteiger partial charge in [-0.25, -0.2) is 0 Å². The van der Waals surface area contributed by atoms with E-state index in [4.69, 9.17) is 0 Å². The Morgan fingerprint density at radius 1 is 1.62 bits per heavy atom. The number of hydrogen-bond donors (Lipinski definition) is 2. The second-order valence-corrected chi connectivity index (χ2v) is 2.15. The quantitative estimate of drug-likeness (QED) is 0.498. The predicted octanol–water partition coefficient (Wildman–Crippen LogP) is 1.29. The van der Waals surface area contributed by atoms with Gasteiger partial charge in [-0.1, -0.05) is 13.0 Å². The first-order chi connectivity index (χ1) is 3.39. The van der Waals surface area contributed by atoms with E-state index in [1.165, 1.54) is 6.42 Å². The van der Waals surface area contributed by atoms with Gasteiger partial charge in [0.2, 0.25) is 0 Å². The van der Waals surface area contributed by atoms with Gasteiger partial charge in [-0.05, 0) is 18.5 Å². The van der Waals surface area contributed by atoms with E-state index in [2.05, 4.69) is 18.3 Å². The molecule has 1 rings (SSSR count). The lowest BCUT2D eigenvalue weighted by Gasteiger charge is -2.12. The molecule has 1 atom stereocenters. The van der Waals surface area contributed by atoms with Gasteiger partial charge >= 0.3 is 0 Å². The van der Waals surface area contributed by atoms with Gasteiger partial charge in [-0.2, -0.15) is 0 Å². The molecule has 0 aromatic rings. The van der Waals surface area contributed by atoms with Gasteiger partial charge in [0.25, 0.3) is 0 Å². The highest BCUT2D eigenvalue weighted by Crippen LogP contribution is 2.03. The first-order valence-electron chi connectivity index (χ1n) is 2.78. The van der Waals surface area contributed by atoms with E-state index >= 15 is 0 Å². The Morgan fingerprint density at radius 2 is 2.38 bits per heavy atom. The molecule has 1 heterocycles. The van der Waals surface area contributed by atoms with Crippen LogP contribution in [0.5, 0.6) is 0 Å². The fourth-order valence-electron chi connectivity index (χ4n) is 0.736. The van der Waals surface area contributed by atoms with Crippen LogP contribution in [-0.2, 0) is 0 Å². The maximum Gasteiger partial charge on any atom is 0.0170 e. The molecular formula is C6H14N2. The zero-order chi connectivity index (χ0) is 5.11. The highest BCUT2D eigenvalue weighted by molar-refractivity contribution is 4.87. The summed E-state index contributed by atoms with van der Waals surface area (Å²) in [6.45, 7) is 3.40. The maximum absolute atomic E-state index is 3.15. The third-order valence-electron chi connectivity index (χ3n) is 1.24. The minimum Gasteiger partial charge on any atom is -0.391 e. The molecule has 1 aliphatic heterocycles. The molecule has 1 unspecified atom stereocenters. The Balaban J connectivity index is 0.000000490. The molecule has 0 fully saturated rings. The summed E-state index contributed by atoms with van der Waals surface area (Å²) in [6, 6.07) is 0. The fourth-order valence-corrected chi connectivity index (χ4v) is 0.736. The molecule has 0 aromatic heterocycles. The van der Waals surface area contributed by atoms with Crippen LogP contribution in [-0.4, -0.2) is 6.54 Å². The number of hydrogen-bond acceptors (Lipinski definition) is 2. The van der Waals surface area contributed by atoms with Crippen molar-refractivity contribution in [2.75, 3.05) is 6.54 Å². The molecule has 2 heteroatoms. The topological polar surface area (TPSA) is 47.0 Å². The van der Waals surface area contributed by atoms with Gasteiger partial charge < -0.3 is 11.5 Å². The Bertz CT molecular complexity index is 78.6. The average molecular weight is 114 g/mol. The van der Waals surface area contributed by atoms with Crippen LogP contribution in [0.15, 0.2) is 12.3 Å². The van der Waals surface area contributed by atoms with E-state index in [0.29, 0.717) is 0 Å². The van der Waals surface area contributed by atoms with Crippen LogP contribution in [0.4, 0.5) is 0 Å². The molecule has 0 radical (unpaired) electrons. The number of rotatable bonds is 0. The van der Waals surface area contributed by atoms with E-state index in [1.807, 2.05) is 6.20 Å². The fraction of sp³-hybridized carbons (Fsp3) is 0.667. The SMILES string of the molecule is CC1CC=CNC1.N. The van der Waals surface area contributed by atoms with Crippen LogP contribution >= 0.6 is 0 Å². The summed E-state index contributed by atoms with van der Waals surface area (Å²) in [7, 11) is 0. The second kappa shape index (κ2) is 3.50. The summed E-state index contributed by atoms with van der Waals surface area (Å²) in [5.41, 5.74) is 0. The van der Waals surface area contributed by atoms with Crippen molar-refractivity contribution in [2.24, 2.45) is 5.92 Å². The first-order valence-corrected chi connectivity index (χ1v) is 2.78. The molecule has 1 aliphatic rings. The molecule has 8 heavy (non-hydrogen) atoms. The van der Waals surface area contributed by atoms with Crippen molar-refractivity contribution in [2.45, 2.75) is 13.3 Å². The smallest absolute Gasteiger partial charge is 0.0170 e. The van der Waals surface area contributed by atoms with Gasteiger partial charge in [0.1, 0.15) is 0 Å². The summed E-state index contributed by atoms with van der Waals surface area (Å²) in [6.07, 6.45) is 5.45. The molecule has 0 amide bonds. The van der Waals surface area contributed by atoms with E-state index in [-0.39, 0.29) is 6.15 Å². The van der Waals surface area contributed by atoms with Crippen LogP contribution < -0.4 is 11.5 Å². The lowest BCUT2D eigenvalue weighted by molar-refractivity contribution is 0.541. The average Bonchev–Trinajstić information content (AvgIpc) is 1.69. The Labute approximate surface area is 50.6 Å². The highest BCUT2D eigenvalue weighted by Gasteiger charge is 1.99. The molecule has 0 spiro atoms. The Hall–Kier alpha value is -0.500. The highest BCUT2D eigenvalue weighted by atomic mass is 14.8. The molecule has 0 aliphatic carbocycles. The van der Waals surface area contributed by atoms with Crippen LogP contribution in [0.2, 0.25) is 0 Å². The van der Waals surface area contributed by atoms with E-state index in [0.717, 1.165) is 12.5 Å². The van der Waals surface area contributed by atoms with Crippen molar-refractivity contribution in [1.82, 2.24) is 11.5 Å². The van der Waals surface area contributed by atoms with Crippen LogP contribution in [0, 0.1) is 5.92 Å². The summed E-state index contributed by atoms with van der Waals surface area (Å²) in [5.74, 6) is 0.838. The Kier molecular flexibility index (Phi) is 3.28. The molecule has 0 saturated heterocycles. The van der Waals surface area contributed by atoms with Crippen LogP contribution in [0.25, 0.3) is 0 Å². The summed E-state index contributed by atoms with van der Waals surface area (Å²) >= 11 is 0. The normalized spacial score (nSPS) is 25.9. The maximum atomic E-state index is 3.15. The third-order valence-corrected chi connectivity index (χ3v) is 1.24. The van der Waals surface area contributed by atoms with Crippen molar-refractivity contribution in [1.29, 1.82) is 0 Å². The molecule has 0 bridgehead atoms. The largest absolute Gasteiger partial charge is 0.391 e. The number of nitrogens with one attached hydrogen (secondary N) is 1. The predicted molar refractivity (Wildman–Crippen MR) is 35.9 cm³/mol. The van der Waals surface area contributed by atoms with Gasteiger partial charge in [0, 0.05) is 6.54 Å². The lowest BCUT2D eigenvalue weighted by atomic mass is 10.1. The molecule has 0 saturated carbocycles. The van der Waals surface area contributed by atoms with Crippen molar-refractivity contribution in [3.63, 3.8) is 0 Å². The third kappa shape index (κ3) is 1.98. The summed E-state index contributed by atoms with van der Waals surface area (Å²) < 4.78 is 0. The minimum absolute atomic E-state index is 0. The van der Waals surface area contributed by atoms with Crippen molar-refractivity contribution >= 4 is 0 Å². The van der Waals surface area contributed by atoms with Gasteiger partial charge in [-0.15, -0.1) is 0 Å². The van der Waals surface area contributed by atoms with Crippen molar-refractivity contribution in [3.8, 4) is 0 Å². The molecular weight excluding hydrogens is 100 g/mol. The van der Waals surface area contributed by atoms with E-state index < -0.39 is 0 Å². The Morgan fingerprint density at radius 3 is 2.62 bits per heavy atom.